The van der Waals surface area contributed by atoms with E-state index in [1.165, 1.54) is 13.0 Å². The van der Waals surface area contributed by atoms with E-state index in [0.717, 1.165) is 5.56 Å². The molecular weight excluding hydrogens is 286 g/mol. The summed E-state index contributed by atoms with van der Waals surface area (Å²) in [6.07, 6.45) is 1.99. The third kappa shape index (κ3) is 5.47. The number of carbonyl (C=O) groups is 2. The van der Waals surface area contributed by atoms with Crippen LogP contribution in [0.2, 0.25) is 0 Å². The van der Waals surface area contributed by atoms with Gasteiger partial charge in [0, 0.05) is 18.7 Å². The van der Waals surface area contributed by atoms with E-state index in [1.54, 1.807) is 45.4 Å². The Morgan fingerprint density at radius 3 is 2.27 bits per heavy atom. The quantitative estimate of drug-likeness (QED) is 0.614. The van der Waals surface area contributed by atoms with Crippen molar-refractivity contribution in [3.8, 4) is 11.5 Å². The molecule has 6 nitrogen and oxygen atoms in total. The van der Waals surface area contributed by atoms with Gasteiger partial charge < -0.3 is 19.5 Å². The number of nitrogens with one attached hydrogen (secondary N) is 1. The van der Waals surface area contributed by atoms with Crippen molar-refractivity contribution in [1.29, 1.82) is 0 Å². The monoisotopic (exact) mass is 307 g/mol. The van der Waals surface area contributed by atoms with Crippen LogP contribution in [0.5, 0.6) is 11.5 Å². The molecule has 0 fully saturated rings. The third-order valence-electron chi connectivity index (χ3n) is 2.80. The van der Waals surface area contributed by atoms with E-state index in [9.17, 15) is 9.59 Å². The summed E-state index contributed by atoms with van der Waals surface area (Å²) in [6, 6.07) is 5.23. The molecule has 0 aliphatic carbocycles. The molecule has 6 heteroatoms. The van der Waals surface area contributed by atoms with Gasteiger partial charge in [0.1, 0.15) is 11.5 Å². The molecule has 1 rings (SSSR count). The summed E-state index contributed by atoms with van der Waals surface area (Å²) < 4.78 is 15.3. The fourth-order valence-corrected chi connectivity index (χ4v) is 1.67. The van der Waals surface area contributed by atoms with Crippen molar-refractivity contribution >= 4 is 18.0 Å². The largest absolute Gasteiger partial charge is 0.497 e. The average molecular weight is 307 g/mol. The maximum Gasteiger partial charge on any atom is 0.331 e. The molecule has 22 heavy (non-hydrogen) atoms. The van der Waals surface area contributed by atoms with Crippen LogP contribution in [0.1, 0.15) is 19.4 Å². The predicted octanol–water partition coefficient (Wildman–Crippen LogP) is 1.78. The molecule has 1 N–H and O–H groups in total. The first-order valence-electron chi connectivity index (χ1n) is 6.89. The number of rotatable bonds is 7. The molecule has 0 heterocycles. The molecule has 0 unspecified atom stereocenters. The molecule has 0 radical (unpaired) electrons. The first kappa shape index (κ1) is 17.6. The Labute approximate surface area is 130 Å². The number of hydrogen-bond acceptors (Lipinski definition) is 5. The number of likely N-dealkylation sites (N-methyl/N-ethyl adjacent to an activating group) is 1. The summed E-state index contributed by atoms with van der Waals surface area (Å²) in [5.74, 6) is 0.305. The zero-order valence-electron chi connectivity index (χ0n) is 13.2. The number of esters is 1. The minimum atomic E-state index is -0.836. The van der Waals surface area contributed by atoms with Crippen molar-refractivity contribution in [2.45, 2.75) is 20.0 Å². The van der Waals surface area contributed by atoms with Crippen LogP contribution in [0.3, 0.4) is 0 Å². The summed E-state index contributed by atoms with van der Waals surface area (Å²) in [5.41, 5.74) is 0.721. The SMILES string of the molecule is CCNC(=O)[C@@H](C)OC(=O)/C=C/c1cc(OC)cc(OC)c1. The Kier molecular flexibility index (Phi) is 6.95. The fraction of sp³-hybridized carbons (Fsp3) is 0.375. The number of ether oxygens (including phenoxy) is 3. The fourth-order valence-electron chi connectivity index (χ4n) is 1.67. The number of amides is 1. The van der Waals surface area contributed by atoms with Gasteiger partial charge in [-0.1, -0.05) is 0 Å². The van der Waals surface area contributed by atoms with E-state index in [1.807, 2.05) is 0 Å². The Balaban J connectivity index is 2.71. The van der Waals surface area contributed by atoms with Gasteiger partial charge in [0.15, 0.2) is 6.10 Å². The van der Waals surface area contributed by atoms with Gasteiger partial charge in [-0.25, -0.2) is 4.79 Å². The van der Waals surface area contributed by atoms with E-state index >= 15 is 0 Å². The molecule has 1 atom stereocenters. The highest BCUT2D eigenvalue weighted by molar-refractivity contribution is 5.90. The van der Waals surface area contributed by atoms with Crippen LogP contribution in [-0.4, -0.2) is 38.7 Å². The molecule has 1 aromatic carbocycles. The Morgan fingerprint density at radius 2 is 1.77 bits per heavy atom. The second-order valence-corrected chi connectivity index (χ2v) is 4.45. The van der Waals surface area contributed by atoms with Crippen LogP contribution in [0.15, 0.2) is 24.3 Å². The van der Waals surface area contributed by atoms with Gasteiger partial charge >= 0.3 is 5.97 Å². The highest BCUT2D eigenvalue weighted by atomic mass is 16.5. The highest BCUT2D eigenvalue weighted by Crippen LogP contribution is 2.23. The van der Waals surface area contributed by atoms with Crippen LogP contribution in [0, 0.1) is 0 Å². The van der Waals surface area contributed by atoms with E-state index in [4.69, 9.17) is 14.2 Å². The van der Waals surface area contributed by atoms with Crippen LogP contribution in [0.25, 0.3) is 6.08 Å². The molecule has 0 saturated carbocycles. The van der Waals surface area contributed by atoms with Crippen molar-refractivity contribution in [2.24, 2.45) is 0 Å². The van der Waals surface area contributed by atoms with Gasteiger partial charge in [0.2, 0.25) is 0 Å². The van der Waals surface area contributed by atoms with Crippen molar-refractivity contribution in [1.82, 2.24) is 5.32 Å². The highest BCUT2D eigenvalue weighted by Gasteiger charge is 2.15. The summed E-state index contributed by atoms with van der Waals surface area (Å²) >= 11 is 0. The van der Waals surface area contributed by atoms with Gasteiger partial charge in [0.05, 0.1) is 14.2 Å². The van der Waals surface area contributed by atoms with Gasteiger partial charge in [-0.2, -0.15) is 0 Å². The number of benzene rings is 1. The maximum absolute atomic E-state index is 11.7. The lowest BCUT2D eigenvalue weighted by atomic mass is 10.2. The molecule has 0 aromatic heterocycles. The van der Waals surface area contributed by atoms with E-state index < -0.39 is 12.1 Å². The average Bonchev–Trinajstić information content (AvgIpc) is 2.52. The van der Waals surface area contributed by atoms with Crippen LogP contribution in [-0.2, 0) is 14.3 Å². The Hall–Kier alpha value is -2.50. The molecular formula is C16H21NO5. The third-order valence-corrected chi connectivity index (χ3v) is 2.80. The van der Waals surface area contributed by atoms with Crippen LogP contribution < -0.4 is 14.8 Å². The molecule has 0 aliphatic rings. The lowest BCUT2D eigenvalue weighted by molar-refractivity contribution is -0.150. The van der Waals surface area contributed by atoms with Gasteiger partial charge in [-0.15, -0.1) is 0 Å². The first-order valence-corrected chi connectivity index (χ1v) is 6.89. The molecule has 0 saturated heterocycles. The number of carbonyl (C=O) groups excluding carboxylic acids is 2. The lowest BCUT2D eigenvalue weighted by Gasteiger charge is -2.11. The minimum absolute atomic E-state index is 0.327. The Morgan fingerprint density at radius 1 is 1.18 bits per heavy atom. The standard InChI is InChI=1S/C16H21NO5/c1-5-17-16(19)11(2)22-15(18)7-6-12-8-13(20-3)10-14(9-12)21-4/h6-11H,5H2,1-4H3,(H,17,19)/b7-6+/t11-/m1/s1. The summed E-state index contributed by atoms with van der Waals surface area (Å²) in [7, 11) is 3.09. The van der Waals surface area contributed by atoms with Crippen molar-refractivity contribution in [2.75, 3.05) is 20.8 Å². The van der Waals surface area contributed by atoms with Crippen LogP contribution in [0.4, 0.5) is 0 Å². The molecule has 0 spiro atoms. The zero-order chi connectivity index (χ0) is 16.5. The molecule has 0 aliphatic heterocycles. The molecule has 0 bridgehead atoms. The summed E-state index contributed by atoms with van der Waals surface area (Å²) in [5, 5.41) is 2.58. The normalized spacial score (nSPS) is 11.8. The van der Waals surface area contributed by atoms with Gasteiger partial charge in [-0.05, 0) is 37.6 Å². The molecule has 1 aromatic rings. The van der Waals surface area contributed by atoms with Crippen molar-refractivity contribution < 1.29 is 23.8 Å². The Bertz CT molecular complexity index is 531. The first-order chi connectivity index (χ1) is 10.5. The second-order valence-electron chi connectivity index (χ2n) is 4.45. The van der Waals surface area contributed by atoms with Crippen molar-refractivity contribution in [3.63, 3.8) is 0 Å². The zero-order valence-corrected chi connectivity index (χ0v) is 13.2. The predicted molar refractivity (Wildman–Crippen MR) is 82.8 cm³/mol. The number of hydrogen-bond donors (Lipinski definition) is 1. The van der Waals surface area contributed by atoms with Gasteiger partial charge in [-0.3, -0.25) is 4.79 Å². The maximum atomic E-state index is 11.7. The van der Waals surface area contributed by atoms with E-state index in [2.05, 4.69) is 5.32 Å². The second kappa shape index (κ2) is 8.71. The lowest BCUT2D eigenvalue weighted by Crippen LogP contribution is -2.35. The van der Waals surface area contributed by atoms with E-state index in [-0.39, 0.29) is 5.91 Å². The van der Waals surface area contributed by atoms with Crippen molar-refractivity contribution in [3.05, 3.63) is 29.8 Å². The minimum Gasteiger partial charge on any atom is -0.497 e. The smallest absolute Gasteiger partial charge is 0.331 e. The summed E-state index contributed by atoms with van der Waals surface area (Å²) in [6.45, 7) is 3.80. The van der Waals surface area contributed by atoms with Crippen LogP contribution >= 0.6 is 0 Å². The van der Waals surface area contributed by atoms with Gasteiger partial charge in [0.25, 0.3) is 5.91 Å². The summed E-state index contributed by atoms with van der Waals surface area (Å²) in [4.78, 5) is 23.2. The number of methoxy groups -OCH3 is 2. The molecule has 1 amide bonds. The topological polar surface area (TPSA) is 73.9 Å². The van der Waals surface area contributed by atoms with E-state index in [0.29, 0.717) is 18.0 Å². The molecule has 120 valence electrons.